The van der Waals surface area contributed by atoms with E-state index in [0.29, 0.717) is 30.7 Å². The second-order valence-electron chi connectivity index (χ2n) is 31.3. The summed E-state index contributed by atoms with van der Waals surface area (Å²) in [5, 5.41) is 25.2. The number of aliphatic hydroxyl groups is 1. The third-order valence-corrected chi connectivity index (χ3v) is 20.1. The Morgan fingerprint density at radius 3 is 1.55 bits per heavy atom. The highest BCUT2D eigenvalue weighted by Gasteiger charge is 2.46. The molecule has 5 N–H and O–H groups in total. The first-order valence-electron chi connectivity index (χ1n) is 37.5. The third kappa shape index (κ3) is 24.5. The molecule has 2 fully saturated rings. The van der Waals surface area contributed by atoms with E-state index in [-0.39, 0.29) is 68.8 Å². The molecule has 2 heterocycles. The summed E-state index contributed by atoms with van der Waals surface area (Å²) in [6.45, 7) is 30.9. The molecule has 105 heavy (non-hydrogen) atoms. The number of rotatable bonds is 20. The van der Waals surface area contributed by atoms with Crippen molar-refractivity contribution < 1.29 is 72.1 Å². The number of carbonyl (C=O) groups excluding carboxylic acids is 12. The lowest BCUT2D eigenvalue weighted by atomic mass is 9.91. The molecule has 0 bridgehead atoms. The number of morpholine rings is 1. The fraction of sp³-hybridized carbons (Fsp3) is 0.692. The van der Waals surface area contributed by atoms with E-state index in [1.54, 1.807) is 53.7 Å². The highest BCUT2D eigenvalue weighted by atomic mass is 16.5. The summed E-state index contributed by atoms with van der Waals surface area (Å²) < 4.78 is 11.2. The number of hydrogen-bond donors (Lipinski definition) is 5. The van der Waals surface area contributed by atoms with Crippen LogP contribution in [0, 0.1) is 41.4 Å². The fourth-order valence-corrected chi connectivity index (χ4v) is 13.6. The second-order valence-corrected chi connectivity index (χ2v) is 31.3. The van der Waals surface area contributed by atoms with Crippen LogP contribution in [-0.2, 0) is 62.2 Å². The number of allylic oxidation sites excluding steroid dienone is 1. The van der Waals surface area contributed by atoms with Gasteiger partial charge in [0.25, 0.3) is 0 Å². The maximum absolute atomic E-state index is 15.6. The van der Waals surface area contributed by atoms with Crippen molar-refractivity contribution >= 4 is 87.8 Å². The first-order chi connectivity index (χ1) is 49.1. The van der Waals surface area contributed by atoms with Crippen molar-refractivity contribution in [2.24, 2.45) is 41.4 Å². The van der Waals surface area contributed by atoms with Crippen LogP contribution in [0.2, 0.25) is 0 Å². The van der Waals surface area contributed by atoms with Gasteiger partial charge in [-0.1, -0.05) is 139 Å². The quantitative estimate of drug-likeness (QED) is 0.108. The first-order valence-corrected chi connectivity index (χ1v) is 37.5. The van der Waals surface area contributed by atoms with Gasteiger partial charge >= 0.3 is 5.97 Å². The molecule has 0 unspecified atom stereocenters. The predicted molar refractivity (Wildman–Crippen MR) is 404 cm³/mol. The summed E-state index contributed by atoms with van der Waals surface area (Å²) in [5.74, 6) is -10.9. The van der Waals surface area contributed by atoms with Crippen molar-refractivity contribution in [2.75, 3.05) is 95.3 Å². The Labute approximate surface area is 623 Å². The smallest absolute Gasteiger partial charge is 0.338 e. The van der Waals surface area contributed by atoms with Gasteiger partial charge in [-0.2, -0.15) is 0 Å². The number of ether oxygens (including phenoxy) is 2. The van der Waals surface area contributed by atoms with E-state index in [4.69, 9.17) is 9.47 Å². The Bertz CT molecular complexity index is 3350. The van der Waals surface area contributed by atoms with E-state index in [0.717, 1.165) is 33.8 Å². The molecule has 0 radical (unpaired) electrons. The molecule has 27 heteroatoms. The van der Waals surface area contributed by atoms with Crippen LogP contribution in [0.4, 0.5) is 0 Å². The summed E-state index contributed by atoms with van der Waals surface area (Å²) in [7, 11) is 9.86. The van der Waals surface area contributed by atoms with Gasteiger partial charge in [0.2, 0.25) is 65.0 Å². The molecular formula is C78H126N12O15. The van der Waals surface area contributed by atoms with Gasteiger partial charge < -0.3 is 70.1 Å². The van der Waals surface area contributed by atoms with Gasteiger partial charge in [-0.25, -0.2) is 4.79 Å². The zero-order valence-corrected chi connectivity index (χ0v) is 66.9. The van der Waals surface area contributed by atoms with Crippen LogP contribution in [0.5, 0.6) is 0 Å². The van der Waals surface area contributed by atoms with Crippen LogP contribution in [-0.4, -0.2) is 277 Å². The molecule has 2 saturated heterocycles. The molecule has 4 rings (SSSR count). The van der Waals surface area contributed by atoms with Crippen LogP contribution in [0.15, 0.2) is 42.5 Å². The lowest BCUT2D eigenvalue weighted by molar-refractivity contribution is -0.157. The van der Waals surface area contributed by atoms with Gasteiger partial charge in [0, 0.05) is 69.0 Å². The van der Waals surface area contributed by atoms with E-state index >= 15 is 19.2 Å². The SMILES string of the molecule is CC[C@H]1NC(=O)[C@H]([C@H](O)[C@H](C)CC=Cc2ccc(C(=O)OCCN3CCOCC3)c3ccccc23)N(C)C(=O)[C@H](C(C)C)N(C)C(=O)[C@H](CC(C)C)N(C)C(=O)[C@H](CC(C)C)N(C)C(=O)[C@@H](C)NC(=O)[C@H](C)NC(=O)[C@H](CC(C)C)N(C)C(=O)[C@H](C(C)C)NC(=O)[C@H](CC(C)C)N(C)C(=O)CN(C)C1=O. The average Bonchev–Trinajstić information content (AvgIpc) is 0.795. The van der Waals surface area contributed by atoms with Crippen molar-refractivity contribution in [3.05, 3.63) is 53.6 Å². The lowest BCUT2D eigenvalue weighted by Gasteiger charge is -2.41. The topological polar surface area (TPSA) is 318 Å². The molecule has 2 aromatic rings. The van der Waals surface area contributed by atoms with E-state index < -0.39 is 162 Å². The Balaban J connectivity index is 1.88. The maximum Gasteiger partial charge on any atom is 0.338 e. The number of nitrogens with one attached hydrogen (secondary N) is 4. The lowest BCUT2D eigenvalue weighted by Crippen LogP contribution is -2.63. The minimum absolute atomic E-state index is 0.0296. The number of amides is 11. The summed E-state index contributed by atoms with van der Waals surface area (Å²) in [5.41, 5.74) is 1.13. The summed E-state index contributed by atoms with van der Waals surface area (Å²) in [6, 6.07) is -1.94. The minimum atomic E-state index is -1.73. The van der Waals surface area contributed by atoms with Crippen LogP contribution >= 0.6 is 0 Å². The molecule has 11 amide bonds. The number of likely N-dealkylation sites (N-methyl/N-ethyl adjacent to an activating group) is 7. The number of hydrogen-bond acceptors (Lipinski definition) is 16. The third-order valence-electron chi connectivity index (χ3n) is 20.1. The van der Waals surface area contributed by atoms with Gasteiger partial charge in [-0.3, -0.25) is 57.6 Å². The van der Waals surface area contributed by atoms with Crippen molar-refractivity contribution in [3.63, 3.8) is 0 Å². The van der Waals surface area contributed by atoms with Crippen LogP contribution in [0.3, 0.4) is 0 Å². The molecule has 2 aliphatic rings. The number of nitrogens with zero attached hydrogens (tertiary/aromatic N) is 8. The molecule has 0 aliphatic carbocycles. The fourth-order valence-electron chi connectivity index (χ4n) is 13.6. The Morgan fingerprint density at radius 1 is 0.533 bits per heavy atom. The number of fused-ring (bicyclic) bond motifs is 1. The summed E-state index contributed by atoms with van der Waals surface area (Å²) >= 11 is 0. The monoisotopic (exact) mass is 1470 g/mol. The van der Waals surface area contributed by atoms with Gasteiger partial charge in [-0.05, 0) is 116 Å². The second kappa shape index (κ2) is 41.2. The maximum atomic E-state index is 15.6. The molecule has 0 saturated carbocycles. The molecule has 0 spiro atoms. The van der Waals surface area contributed by atoms with Gasteiger partial charge in [-0.15, -0.1) is 0 Å². The van der Waals surface area contributed by atoms with Crippen LogP contribution < -0.4 is 21.3 Å². The first kappa shape index (κ1) is 89.4. The van der Waals surface area contributed by atoms with Gasteiger partial charge in [0.15, 0.2) is 0 Å². The van der Waals surface area contributed by atoms with E-state index in [1.807, 2.05) is 91.8 Å². The average molecular weight is 1470 g/mol. The largest absolute Gasteiger partial charge is 0.461 e. The van der Waals surface area contributed by atoms with Crippen molar-refractivity contribution in [2.45, 2.75) is 216 Å². The molecule has 12 atom stereocenters. The van der Waals surface area contributed by atoms with E-state index in [1.165, 1.54) is 87.7 Å². The molecule has 27 nitrogen and oxygen atoms in total. The Hall–Kier alpha value is -8.04. The molecule has 0 aromatic heterocycles. The zero-order valence-electron chi connectivity index (χ0n) is 66.9. The standard InChI is InChI=1S/C78H126N12O15/c1-24-58-73(98)83(17)44-63(91)84(18)59(40-45(2)3)70(95)82-64(49(10)11)76(101)85(19)60(41-46(4)5)69(94)79-52(15)68(93)80-53(16)72(97)86(20)61(42-47(6)7)74(99)87(21)62(43-48(8)9)75(100)88(22)65(50(12)13)77(102)89(23)66(71(96)81-58)67(92)51(14)28-27-29-54-32-33-57(56-31-26-25-30-55(54)56)78(103)105-39-36-90-34-37-104-38-35-90/h25-27,29-33,45-53,58-62,64-67,92H,24,28,34-44H2,1-23H3,(H,79,94)(H,80,93)(H,81,96)(H,82,95)/t51-,52+,53-,58-,59+,60+,61+,62+,64+,65+,66+,67-/m1/s1. The predicted octanol–water partition coefficient (Wildman–Crippen LogP) is 5.05. The molecule has 2 aliphatic heterocycles. The number of benzene rings is 2. The van der Waals surface area contributed by atoms with Crippen LogP contribution in [0.25, 0.3) is 16.8 Å². The van der Waals surface area contributed by atoms with E-state index in [9.17, 15) is 43.5 Å². The molecule has 2 aromatic carbocycles. The van der Waals surface area contributed by atoms with Crippen molar-refractivity contribution in [1.82, 2.24) is 60.5 Å². The Morgan fingerprint density at radius 2 is 1.02 bits per heavy atom. The molecular weight excluding hydrogens is 1340 g/mol. The summed E-state index contributed by atoms with van der Waals surface area (Å²) in [6.07, 6.45) is 2.61. The van der Waals surface area contributed by atoms with Crippen molar-refractivity contribution in [3.8, 4) is 0 Å². The normalized spacial score (nSPS) is 25.0. The summed E-state index contributed by atoms with van der Waals surface area (Å²) in [4.78, 5) is 187. The highest BCUT2D eigenvalue weighted by Crippen LogP contribution is 2.29. The Kier molecular flexibility index (Phi) is 35.0. The van der Waals surface area contributed by atoms with Gasteiger partial charge in [0.05, 0.1) is 31.4 Å². The van der Waals surface area contributed by atoms with Crippen molar-refractivity contribution in [1.29, 1.82) is 0 Å². The minimum Gasteiger partial charge on any atom is -0.461 e. The highest BCUT2D eigenvalue weighted by molar-refractivity contribution is 6.07. The van der Waals surface area contributed by atoms with Gasteiger partial charge in [0.1, 0.15) is 67.0 Å². The zero-order chi connectivity index (χ0) is 79.3. The van der Waals surface area contributed by atoms with Crippen LogP contribution in [0.1, 0.15) is 165 Å². The van der Waals surface area contributed by atoms with E-state index in [2.05, 4.69) is 26.2 Å². The molecule has 588 valence electrons. The number of carbonyl (C=O) groups is 12. The number of esters is 1. The number of aliphatic hydroxyl groups excluding tert-OH is 1.